The third kappa shape index (κ3) is 4.55. The number of nitrogens with two attached hydrogens (primary N) is 1. The van der Waals surface area contributed by atoms with Gasteiger partial charge in [0, 0.05) is 5.56 Å². The number of halogens is 1. The number of benzene rings is 3. The predicted octanol–water partition coefficient (Wildman–Crippen LogP) is 4.26. The van der Waals surface area contributed by atoms with E-state index in [0.29, 0.717) is 11.3 Å². The van der Waals surface area contributed by atoms with E-state index in [1.807, 2.05) is 43.3 Å². The molecule has 4 rings (SSSR count). The van der Waals surface area contributed by atoms with E-state index in [4.69, 9.17) is 15.5 Å². The van der Waals surface area contributed by atoms with Crippen LogP contribution in [0.25, 0.3) is 16.9 Å². The van der Waals surface area contributed by atoms with Crippen molar-refractivity contribution in [3.05, 3.63) is 102 Å². The number of aromatic nitrogens is 3. The highest BCUT2D eigenvalue weighted by Crippen LogP contribution is 2.28. The molecular formula is C25H22FN5O3. The Kier molecular flexibility index (Phi) is 6.74. The Morgan fingerprint density at radius 3 is 2.50 bits per heavy atom. The van der Waals surface area contributed by atoms with E-state index in [1.54, 1.807) is 36.4 Å². The van der Waals surface area contributed by atoms with Crippen molar-refractivity contribution in [2.24, 2.45) is 10.9 Å². The molecule has 0 amide bonds. The Morgan fingerprint density at radius 1 is 1.06 bits per heavy atom. The molecule has 1 unspecified atom stereocenters. The maximum Gasteiger partial charge on any atom is 0.337 e. The van der Waals surface area contributed by atoms with Crippen LogP contribution in [-0.4, -0.2) is 34.0 Å². The Balaban J connectivity index is 1.82. The molecule has 3 aromatic carbocycles. The summed E-state index contributed by atoms with van der Waals surface area (Å²) >= 11 is 0. The molecule has 0 aliphatic heterocycles. The maximum atomic E-state index is 14.6. The first-order chi connectivity index (χ1) is 16.5. The summed E-state index contributed by atoms with van der Waals surface area (Å²) < 4.78 is 20.8. The van der Waals surface area contributed by atoms with Gasteiger partial charge in [0.1, 0.15) is 17.2 Å². The molecule has 0 radical (unpaired) electrons. The van der Waals surface area contributed by atoms with Gasteiger partial charge in [0.25, 0.3) is 5.90 Å². The highest BCUT2D eigenvalue weighted by molar-refractivity contribution is 5.98. The van der Waals surface area contributed by atoms with Gasteiger partial charge in [0.2, 0.25) is 0 Å². The molecule has 0 spiro atoms. The molecule has 1 heterocycles. The van der Waals surface area contributed by atoms with Crippen molar-refractivity contribution in [1.82, 2.24) is 15.0 Å². The van der Waals surface area contributed by atoms with Crippen LogP contribution < -0.4 is 5.90 Å². The fourth-order valence-corrected chi connectivity index (χ4v) is 3.51. The monoisotopic (exact) mass is 459 g/mol. The number of carbonyl (C=O) groups excluding carboxylic acids is 1. The molecule has 0 aliphatic rings. The Hall–Kier alpha value is -4.37. The van der Waals surface area contributed by atoms with Crippen LogP contribution in [0.3, 0.4) is 0 Å². The molecule has 0 aliphatic carbocycles. The lowest BCUT2D eigenvalue weighted by atomic mass is 10.1. The highest BCUT2D eigenvalue weighted by atomic mass is 19.1. The van der Waals surface area contributed by atoms with Gasteiger partial charge in [0.15, 0.2) is 5.69 Å². The third-order valence-electron chi connectivity index (χ3n) is 5.21. The molecule has 0 fully saturated rings. The van der Waals surface area contributed by atoms with E-state index in [2.05, 4.69) is 15.3 Å². The van der Waals surface area contributed by atoms with Crippen LogP contribution in [0.15, 0.2) is 83.9 Å². The van der Waals surface area contributed by atoms with Gasteiger partial charge in [-0.1, -0.05) is 59.8 Å². The van der Waals surface area contributed by atoms with E-state index in [9.17, 15) is 9.18 Å². The molecule has 4 aromatic rings. The zero-order valence-electron chi connectivity index (χ0n) is 18.6. The van der Waals surface area contributed by atoms with Crippen LogP contribution in [0.1, 0.15) is 34.6 Å². The number of rotatable bonds is 6. The molecule has 34 heavy (non-hydrogen) atoms. The fraction of sp³-hybridized carbons (Fsp3) is 0.120. The number of aliphatic imine (C=N–C) groups is 1. The number of carbonyl (C=O) groups is 1. The standard InChI is InChI=1S/C25H22FN5O3/c1-16(18-11-8-12-19(15-18)25(32)33-2)28-24(34-27)22-23(17-9-4-3-5-10-17)31(30-29-22)21-14-7-6-13-20(21)26/h3-16H,27H2,1-2H3. The van der Waals surface area contributed by atoms with Gasteiger partial charge < -0.3 is 9.57 Å². The quantitative estimate of drug-likeness (QED) is 0.200. The fourth-order valence-electron chi connectivity index (χ4n) is 3.51. The summed E-state index contributed by atoms with van der Waals surface area (Å²) in [6, 6.07) is 21.9. The topological polar surface area (TPSA) is 105 Å². The first-order valence-electron chi connectivity index (χ1n) is 10.4. The van der Waals surface area contributed by atoms with Crippen molar-refractivity contribution < 1.29 is 18.8 Å². The SMILES string of the molecule is COC(=O)c1cccc(C(C)N=C(ON)c2nnn(-c3ccccc3F)c2-c2ccccc2)c1. The lowest BCUT2D eigenvalue weighted by molar-refractivity contribution is 0.0600. The van der Waals surface area contributed by atoms with Gasteiger partial charge in [-0.15, -0.1) is 5.10 Å². The first-order valence-corrected chi connectivity index (χ1v) is 10.4. The van der Waals surface area contributed by atoms with Crippen LogP contribution in [0, 0.1) is 5.82 Å². The Bertz CT molecular complexity index is 1340. The largest absolute Gasteiger partial charge is 0.465 e. The second kappa shape index (κ2) is 10.1. The molecule has 1 atom stereocenters. The minimum absolute atomic E-state index is 0.0115. The number of nitrogens with zero attached hydrogens (tertiary/aromatic N) is 4. The van der Waals surface area contributed by atoms with Crippen LogP contribution in [0.4, 0.5) is 4.39 Å². The molecule has 1 aromatic heterocycles. The molecule has 8 nitrogen and oxygen atoms in total. The number of para-hydroxylation sites is 1. The molecule has 0 saturated heterocycles. The van der Waals surface area contributed by atoms with Crippen molar-refractivity contribution in [3.8, 4) is 16.9 Å². The summed E-state index contributed by atoms with van der Waals surface area (Å²) in [6.45, 7) is 1.82. The lowest BCUT2D eigenvalue weighted by Gasteiger charge is -2.12. The average molecular weight is 459 g/mol. The van der Waals surface area contributed by atoms with Gasteiger partial charge >= 0.3 is 5.97 Å². The van der Waals surface area contributed by atoms with Crippen molar-refractivity contribution in [2.45, 2.75) is 13.0 Å². The maximum absolute atomic E-state index is 14.6. The second-order valence-corrected chi connectivity index (χ2v) is 7.36. The normalized spacial score (nSPS) is 12.3. The number of hydrogen-bond acceptors (Lipinski definition) is 7. The van der Waals surface area contributed by atoms with Gasteiger partial charge in [-0.25, -0.2) is 18.9 Å². The zero-order valence-corrected chi connectivity index (χ0v) is 18.6. The zero-order chi connectivity index (χ0) is 24.1. The van der Waals surface area contributed by atoms with Crippen molar-refractivity contribution >= 4 is 11.9 Å². The lowest BCUT2D eigenvalue weighted by Crippen LogP contribution is -2.15. The summed E-state index contributed by atoms with van der Waals surface area (Å²) in [6.07, 6.45) is 0. The summed E-state index contributed by atoms with van der Waals surface area (Å²) in [4.78, 5) is 21.6. The van der Waals surface area contributed by atoms with Gasteiger partial charge in [-0.2, -0.15) is 5.90 Å². The number of hydrogen-bond donors (Lipinski definition) is 1. The van der Waals surface area contributed by atoms with E-state index in [1.165, 1.54) is 17.9 Å². The number of ether oxygens (including phenoxy) is 1. The summed E-state index contributed by atoms with van der Waals surface area (Å²) in [5.74, 6) is 4.70. The van der Waals surface area contributed by atoms with Crippen LogP contribution >= 0.6 is 0 Å². The highest BCUT2D eigenvalue weighted by Gasteiger charge is 2.24. The number of methoxy groups -OCH3 is 1. The van der Waals surface area contributed by atoms with Crippen molar-refractivity contribution in [2.75, 3.05) is 7.11 Å². The van der Waals surface area contributed by atoms with E-state index in [0.717, 1.165) is 11.1 Å². The second-order valence-electron chi connectivity index (χ2n) is 7.36. The molecule has 2 N–H and O–H groups in total. The molecular weight excluding hydrogens is 437 g/mol. The smallest absolute Gasteiger partial charge is 0.337 e. The molecule has 0 bridgehead atoms. The number of esters is 1. The van der Waals surface area contributed by atoms with Gasteiger partial charge in [-0.3, -0.25) is 0 Å². The van der Waals surface area contributed by atoms with E-state index < -0.39 is 17.8 Å². The van der Waals surface area contributed by atoms with E-state index >= 15 is 0 Å². The first kappa shape index (κ1) is 22.8. The minimum atomic E-state index is -0.462. The molecule has 0 saturated carbocycles. The van der Waals surface area contributed by atoms with Gasteiger partial charge in [-0.05, 0) is 36.8 Å². The predicted molar refractivity (Wildman–Crippen MR) is 125 cm³/mol. The summed E-state index contributed by atoms with van der Waals surface area (Å²) in [5, 5.41) is 8.39. The van der Waals surface area contributed by atoms with Crippen LogP contribution in [0.2, 0.25) is 0 Å². The third-order valence-corrected chi connectivity index (χ3v) is 5.21. The van der Waals surface area contributed by atoms with Crippen LogP contribution in [-0.2, 0) is 9.57 Å². The summed E-state index contributed by atoms with van der Waals surface area (Å²) in [7, 11) is 1.32. The van der Waals surface area contributed by atoms with Gasteiger partial charge in [0.05, 0.1) is 18.7 Å². The van der Waals surface area contributed by atoms with Crippen molar-refractivity contribution in [1.29, 1.82) is 0 Å². The minimum Gasteiger partial charge on any atom is -0.465 e. The van der Waals surface area contributed by atoms with Crippen molar-refractivity contribution in [3.63, 3.8) is 0 Å². The van der Waals surface area contributed by atoms with E-state index in [-0.39, 0.29) is 17.3 Å². The molecule has 9 heteroatoms. The summed E-state index contributed by atoms with van der Waals surface area (Å²) in [5.41, 5.74) is 2.78. The molecule has 172 valence electrons. The van der Waals surface area contributed by atoms with Crippen LogP contribution in [0.5, 0.6) is 0 Å². The Morgan fingerprint density at radius 2 is 1.79 bits per heavy atom. The Labute approximate surface area is 195 Å². The average Bonchev–Trinajstić information content (AvgIpc) is 3.32.